The summed E-state index contributed by atoms with van der Waals surface area (Å²) in [5.41, 5.74) is 0.475. The van der Waals surface area contributed by atoms with E-state index in [9.17, 15) is 18.0 Å². The predicted molar refractivity (Wildman–Crippen MR) is 133 cm³/mol. The molecule has 0 unspecified atom stereocenters. The minimum atomic E-state index is -4.67. The molecule has 1 aromatic heterocycles. The average Bonchev–Trinajstić information content (AvgIpc) is 3.26. The second-order valence-electron chi connectivity index (χ2n) is 7.70. The Morgan fingerprint density at radius 2 is 1.78 bits per heavy atom. The van der Waals surface area contributed by atoms with Crippen LogP contribution in [0.4, 0.5) is 18.9 Å². The molecule has 1 N–H and O–H groups in total. The minimum Gasteiger partial charge on any atom is -0.486 e. The van der Waals surface area contributed by atoms with Crippen molar-refractivity contribution in [3.05, 3.63) is 94.8 Å². The standard InChI is InChI=1S/C25H20ClF3N4O2S/c1-16-7-10-19(11-8-16)35-14-22-31-32-24(33(22)18-5-3-2-4-6-18)36-15-23(34)30-21-12-9-17(26)13-20(21)25(27,28)29/h2-13H,14-15H2,1H3,(H,30,34). The number of carbonyl (C=O) groups is 1. The number of hydrogen-bond acceptors (Lipinski definition) is 5. The van der Waals surface area contributed by atoms with Crippen LogP contribution in [-0.4, -0.2) is 26.4 Å². The van der Waals surface area contributed by atoms with E-state index in [-0.39, 0.29) is 23.1 Å². The van der Waals surface area contributed by atoms with Crippen LogP contribution in [0.3, 0.4) is 0 Å². The van der Waals surface area contributed by atoms with Gasteiger partial charge in [-0.1, -0.05) is 59.3 Å². The predicted octanol–water partition coefficient (Wildman–Crippen LogP) is 6.56. The van der Waals surface area contributed by atoms with Crippen molar-refractivity contribution in [2.45, 2.75) is 24.9 Å². The summed E-state index contributed by atoms with van der Waals surface area (Å²) in [5, 5.41) is 11.0. The SMILES string of the molecule is Cc1ccc(OCc2nnc(SCC(=O)Nc3ccc(Cl)cc3C(F)(F)F)n2-c2ccccc2)cc1. The zero-order valence-corrected chi connectivity index (χ0v) is 20.5. The molecule has 1 heterocycles. The van der Waals surface area contributed by atoms with Gasteiger partial charge in [-0.25, -0.2) is 0 Å². The Balaban J connectivity index is 1.50. The quantitative estimate of drug-likeness (QED) is 0.260. The summed E-state index contributed by atoms with van der Waals surface area (Å²) >= 11 is 6.75. The van der Waals surface area contributed by atoms with Gasteiger partial charge >= 0.3 is 6.18 Å². The van der Waals surface area contributed by atoms with E-state index in [2.05, 4.69) is 15.5 Å². The fourth-order valence-corrected chi connectivity index (χ4v) is 4.23. The number of carbonyl (C=O) groups excluding carboxylic acids is 1. The highest BCUT2D eigenvalue weighted by Gasteiger charge is 2.34. The Kier molecular flexibility index (Phi) is 7.85. The molecule has 0 radical (unpaired) electrons. The number of aryl methyl sites for hydroxylation is 1. The lowest BCUT2D eigenvalue weighted by atomic mass is 10.1. The Morgan fingerprint density at radius 1 is 1.06 bits per heavy atom. The lowest BCUT2D eigenvalue weighted by Crippen LogP contribution is -2.18. The lowest BCUT2D eigenvalue weighted by Gasteiger charge is -2.14. The maximum absolute atomic E-state index is 13.3. The van der Waals surface area contributed by atoms with E-state index in [1.165, 1.54) is 6.07 Å². The molecular weight excluding hydrogens is 513 g/mol. The third kappa shape index (κ3) is 6.38. The van der Waals surface area contributed by atoms with Crippen LogP contribution in [0.1, 0.15) is 17.0 Å². The summed E-state index contributed by atoms with van der Waals surface area (Å²) < 4.78 is 47.6. The summed E-state index contributed by atoms with van der Waals surface area (Å²) in [7, 11) is 0. The number of nitrogens with one attached hydrogen (secondary N) is 1. The van der Waals surface area contributed by atoms with Crippen molar-refractivity contribution in [3.8, 4) is 11.4 Å². The number of rotatable bonds is 8. The number of ether oxygens (including phenoxy) is 1. The number of anilines is 1. The van der Waals surface area contributed by atoms with E-state index in [1.54, 1.807) is 4.57 Å². The number of aromatic nitrogens is 3. The van der Waals surface area contributed by atoms with Crippen LogP contribution in [0.2, 0.25) is 5.02 Å². The van der Waals surface area contributed by atoms with Crippen molar-refractivity contribution >= 4 is 35.0 Å². The molecule has 36 heavy (non-hydrogen) atoms. The van der Waals surface area contributed by atoms with Gasteiger partial charge in [0.05, 0.1) is 17.0 Å². The second kappa shape index (κ2) is 11.0. The van der Waals surface area contributed by atoms with E-state index < -0.39 is 17.6 Å². The number of hydrogen-bond donors (Lipinski definition) is 1. The van der Waals surface area contributed by atoms with Crippen LogP contribution in [0.25, 0.3) is 5.69 Å². The van der Waals surface area contributed by atoms with Gasteiger partial charge in [-0.15, -0.1) is 10.2 Å². The first kappa shape index (κ1) is 25.6. The number of benzene rings is 3. The fourth-order valence-electron chi connectivity index (χ4n) is 3.28. The molecule has 4 aromatic rings. The molecule has 11 heteroatoms. The third-order valence-electron chi connectivity index (χ3n) is 5.00. The van der Waals surface area contributed by atoms with Crippen molar-refractivity contribution in [2.24, 2.45) is 0 Å². The van der Waals surface area contributed by atoms with Gasteiger partial charge in [0.2, 0.25) is 5.91 Å². The molecule has 6 nitrogen and oxygen atoms in total. The fraction of sp³-hybridized carbons (Fsp3) is 0.160. The molecule has 186 valence electrons. The topological polar surface area (TPSA) is 69.0 Å². The normalized spacial score (nSPS) is 11.4. The average molecular weight is 533 g/mol. The van der Waals surface area contributed by atoms with Crippen molar-refractivity contribution in [3.63, 3.8) is 0 Å². The first-order valence-electron chi connectivity index (χ1n) is 10.7. The Bertz CT molecular complexity index is 1350. The monoisotopic (exact) mass is 532 g/mol. The van der Waals surface area contributed by atoms with Crippen LogP contribution in [0.5, 0.6) is 5.75 Å². The molecule has 0 spiro atoms. The van der Waals surface area contributed by atoms with Crippen molar-refractivity contribution in [1.82, 2.24) is 14.8 Å². The number of alkyl halides is 3. The molecule has 0 aliphatic rings. The van der Waals surface area contributed by atoms with Gasteiger partial charge in [0, 0.05) is 10.7 Å². The van der Waals surface area contributed by atoms with Gasteiger partial charge in [-0.2, -0.15) is 13.2 Å². The molecule has 0 aliphatic heterocycles. The number of nitrogens with zero attached hydrogens (tertiary/aromatic N) is 3. The van der Waals surface area contributed by atoms with Crippen molar-refractivity contribution in [1.29, 1.82) is 0 Å². The molecule has 0 fully saturated rings. The Labute approximate surface area is 214 Å². The van der Waals surface area contributed by atoms with Gasteiger partial charge in [-0.05, 0) is 49.4 Å². The Hall–Kier alpha value is -3.50. The van der Waals surface area contributed by atoms with Gasteiger partial charge in [0.1, 0.15) is 12.4 Å². The maximum Gasteiger partial charge on any atom is 0.418 e. The summed E-state index contributed by atoms with van der Waals surface area (Å²) in [6.07, 6.45) is -4.67. The number of thioether (sulfide) groups is 1. The number of halogens is 4. The molecule has 4 rings (SSSR count). The molecular formula is C25H20ClF3N4O2S. The number of amides is 1. The van der Waals surface area contributed by atoms with Crippen molar-refractivity contribution < 1.29 is 22.7 Å². The van der Waals surface area contributed by atoms with Crippen LogP contribution in [0, 0.1) is 6.92 Å². The van der Waals surface area contributed by atoms with Crippen LogP contribution in [-0.2, 0) is 17.6 Å². The van der Waals surface area contributed by atoms with Crippen LogP contribution in [0.15, 0.2) is 78.0 Å². The molecule has 0 saturated heterocycles. The Morgan fingerprint density at radius 3 is 2.47 bits per heavy atom. The smallest absolute Gasteiger partial charge is 0.418 e. The van der Waals surface area contributed by atoms with E-state index >= 15 is 0 Å². The first-order chi connectivity index (χ1) is 17.2. The van der Waals surface area contributed by atoms with Gasteiger partial charge in [-0.3, -0.25) is 9.36 Å². The van der Waals surface area contributed by atoms with E-state index in [4.69, 9.17) is 16.3 Å². The first-order valence-corrected chi connectivity index (χ1v) is 12.1. The van der Waals surface area contributed by atoms with E-state index in [0.29, 0.717) is 16.7 Å². The zero-order chi connectivity index (χ0) is 25.7. The van der Waals surface area contributed by atoms with Crippen LogP contribution < -0.4 is 10.1 Å². The molecule has 0 aliphatic carbocycles. The highest BCUT2D eigenvalue weighted by Crippen LogP contribution is 2.36. The molecule has 0 saturated carbocycles. The lowest BCUT2D eigenvalue weighted by molar-refractivity contribution is -0.137. The summed E-state index contributed by atoms with van der Waals surface area (Å²) in [6.45, 7) is 2.10. The highest BCUT2D eigenvalue weighted by molar-refractivity contribution is 7.99. The van der Waals surface area contributed by atoms with Crippen LogP contribution >= 0.6 is 23.4 Å². The maximum atomic E-state index is 13.3. The molecule has 1 amide bonds. The minimum absolute atomic E-state index is 0.0777. The largest absolute Gasteiger partial charge is 0.486 e. The molecule has 0 bridgehead atoms. The number of para-hydroxylation sites is 1. The third-order valence-corrected chi connectivity index (χ3v) is 6.16. The molecule has 0 atom stereocenters. The van der Waals surface area contributed by atoms with Gasteiger partial charge in [0.15, 0.2) is 11.0 Å². The second-order valence-corrected chi connectivity index (χ2v) is 9.07. The summed E-state index contributed by atoms with van der Waals surface area (Å²) in [5.74, 6) is 0.346. The highest BCUT2D eigenvalue weighted by atomic mass is 35.5. The summed E-state index contributed by atoms with van der Waals surface area (Å²) in [4.78, 5) is 12.5. The van der Waals surface area contributed by atoms with Gasteiger partial charge < -0.3 is 10.1 Å². The van der Waals surface area contributed by atoms with E-state index in [1.807, 2.05) is 61.5 Å². The van der Waals surface area contributed by atoms with Crippen molar-refractivity contribution in [2.75, 3.05) is 11.1 Å². The van der Waals surface area contributed by atoms with Gasteiger partial charge in [0.25, 0.3) is 0 Å². The zero-order valence-electron chi connectivity index (χ0n) is 18.9. The summed E-state index contributed by atoms with van der Waals surface area (Å²) in [6, 6.07) is 20.0. The molecule has 3 aromatic carbocycles. The van der Waals surface area contributed by atoms with E-state index in [0.717, 1.165) is 35.1 Å².